The standard InChI is InChI=1S/C14H30N4O3S2/c1-3-15-14(16-7-10-22-2)17-8-11-23(19,20)18-12-13-6-4-5-9-21-13/h13,18H,3-12H2,1-2H3,(H2,15,16,17). The Morgan fingerprint density at radius 2 is 2.17 bits per heavy atom. The Morgan fingerprint density at radius 1 is 1.35 bits per heavy atom. The Kier molecular flexibility index (Phi) is 10.7. The second-order valence-electron chi connectivity index (χ2n) is 5.34. The fourth-order valence-corrected chi connectivity index (χ4v) is 3.38. The van der Waals surface area contributed by atoms with E-state index in [9.17, 15) is 8.42 Å². The number of sulfonamides is 1. The first kappa shape index (κ1) is 20.5. The molecule has 1 unspecified atom stereocenters. The van der Waals surface area contributed by atoms with Crippen molar-refractivity contribution in [2.75, 3.05) is 50.5 Å². The van der Waals surface area contributed by atoms with E-state index in [2.05, 4.69) is 20.3 Å². The summed E-state index contributed by atoms with van der Waals surface area (Å²) in [5.41, 5.74) is 0. The molecule has 0 amide bonds. The first-order valence-corrected chi connectivity index (χ1v) is 11.2. The summed E-state index contributed by atoms with van der Waals surface area (Å²) in [6.07, 6.45) is 5.14. The minimum Gasteiger partial charge on any atom is -0.377 e. The van der Waals surface area contributed by atoms with Crippen LogP contribution in [0, 0.1) is 0 Å². The summed E-state index contributed by atoms with van der Waals surface area (Å²) >= 11 is 1.73. The van der Waals surface area contributed by atoms with Gasteiger partial charge in [-0.1, -0.05) is 0 Å². The second kappa shape index (κ2) is 11.9. The van der Waals surface area contributed by atoms with Crippen molar-refractivity contribution >= 4 is 27.7 Å². The van der Waals surface area contributed by atoms with Crippen molar-refractivity contribution < 1.29 is 13.2 Å². The third-order valence-electron chi connectivity index (χ3n) is 3.38. The number of hydrogen-bond acceptors (Lipinski definition) is 5. The molecule has 3 N–H and O–H groups in total. The molecule has 1 heterocycles. The summed E-state index contributed by atoms with van der Waals surface area (Å²) < 4.78 is 32.2. The van der Waals surface area contributed by atoms with Gasteiger partial charge in [-0.15, -0.1) is 0 Å². The first-order valence-electron chi connectivity index (χ1n) is 8.17. The van der Waals surface area contributed by atoms with Crippen LogP contribution in [0.2, 0.25) is 0 Å². The lowest BCUT2D eigenvalue weighted by Gasteiger charge is -2.22. The summed E-state index contributed by atoms with van der Waals surface area (Å²) in [5.74, 6) is 1.62. The molecular weight excluding hydrogens is 336 g/mol. The maximum atomic E-state index is 12.0. The van der Waals surface area contributed by atoms with E-state index in [0.717, 1.165) is 38.2 Å². The van der Waals surface area contributed by atoms with Crippen LogP contribution in [0.5, 0.6) is 0 Å². The number of thioether (sulfide) groups is 1. The van der Waals surface area contributed by atoms with Crippen LogP contribution in [0.1, 0.15) is 26.2 Å². The van der Waals surface area contributed by atoms with E-state index in [4.69, 9.17) is 4.74 Å². The van der Waals surface area contributed by atoms with Crippen LogP contribution in [0.4, 0.5) is 0 Å². The van der Waals surface area contributed by atoms with Crippen molar-refractivity contribution in [1.82, 2.24) is 15.4 Å². The monoisotopic (exact) mass is 366 g/mol. The van der Waals surface area contributed by atoms with E-state index >= 15 is 0 Å². The Morgan fingerprint density at radius 3 is 2.83 bits per heavy atom. The average molecular weight is 367 g/mol. The van der Waals surface area contributed by atoms with Gasteiger partial charge in [-0.3, -0.25) is 4.99 Å². The molecule has 1 aliphatic rings. The summed E-state index contributed by atoms with van der Waals surface area (Å²) in [7, 11) is -3.30. The minimum atomic E-state index is -3.30. The predicted molar refractivity (Wildman–Crippen MR) is 97.7 cm³/mol. The van der Waals surface area contributed by atoms with Crippen LogP contribution in [0.25, 0.3) is 0 Å². The molecule has 0 aromatic heterocycles. The molecule has 9 heteroatoms. The Bertz CT molecular complexity index is 437. The van der Waals surface area contributed by atoms with E-state index < -0.39 is 10.0 Å². The van der Waals surface area contributed by atoms with Gasteiger partial charge >= 0.3 is 0 Å². The first-order chi connectivity index (χ1) is 11.1. The lowest BCUT2D eigenvalue weighted by atomic mass is 10.1. The van der Waals surface area contributed by atoms with E-state index in [1.54, 1.807) is 11.8 Å². The number of hydrogen-bond donors (Lipinski definition) is 3. The second-order valence-corrected chi connectivity index (χ2v) is 8.25. The molecule has 23 heavy (non-hydrogen) atoms. The number of aliphatic imine (C=N–C) groups is 1. The van der Waals surface area contributed by atoms with Crippen molar-refractivity contribution in [3.8, 4) is 0 Å². The average Bonchev–Trinajstić information content (AvgIpc) is 2.54. The van der Waals surface area contributed by atoms with Crippen molar-refractivity contribution in [2.24, 2.45) is 4.99 Å². The molecule has 1 saturated heterocycles. The van der Waals surface area contributed by atoms with Gasteiger partial charge in [0.05, 0.1) is 18.4 Å². The summed E-state index contributed by atoms with van der Waals surface area (Å²) in [5, 5.41) is 6.16. The lowest BCUT2D eigenvalue weighted by molar-refractivity contribution is 0.0200. The fraction of sp³-hybridized carbons (Fsp3) is 0.929. The molecule has 0 aliphatic carbocycles. The van der Waals surface area contributed by atoms with Crippen molar-refractivity contribution in [1.29, 1.82) is 0 Å². The topological polar surface area (TPSA) is 91.8 Å². The zero-order chi connectivity index (χ0) is 17.0. The number of ether oxygens (including phenoxy) is 1. The molecule has 136 valence electrons. The number of guanidine groups is 1. The Balaban J connectivity index is 2.28. The van der Waals surface area contributed by atoms with Crippen LogP contribution in [-0.4, -0.2) is 71.0 Å². The molecule has 1 aliphatic heterocycles. The number of nitrogens with zero attached hydrogens (tertiary/aromatic N) is 1. The van der Waals surface area contributed by atoms with Gasteiger partial charge in [-0.25, -0.2) is 13.1 Å². The molecule has 0 bridgehead atoms. The van der Waals surface area contributed by atoms with Crippen LogP contribution in [0.15, 0.2) is 4.99 Å². The highest BCUT2D eigenvalue weighted by Gasteiger charge is 2.17. The maximum Gasteiger partial charge on any atom is 0.213 e. The molecular formula is C14H30N4O3S2. The molecule has 1 fully saturated rings. The third kappa shape index (κ3) is 10.1. The smallest absolute Gasteiger partial charge is 0.213 e. The largest absolute Gasteiger partial charge is 0.377 e. The van der Waals surface area contributed by atoms with Gasteiger partial charge in [0.25, 0.3) is 0 Å². The van der Waals surface area contributed by atoms with E-state index in [0.29, 0.717) is 25.6 Å². The van der Waals surface area contributed by atoms with E-state index in [1.165, 1.54) is 0 Å². The number of rotatable bonds is 10. The lowest BCUT2D eigenvalue weighted by Crippen LogP contribution is -2.42. The fourth-order valence-electron chi connectivity index (χ4n) is 2.15. The van der Waals surface area contributed by atoms with Gasteiger partial charge in [0, 0.05) is 32.0 Å². The van der Waals surface area contributed by atoms with Crippen molar-refractivity contribution in [3.63, 3.8) is 0 Å². The van der Waals surface area contributed by atoms with Gasteiger partial charge in [0.15, 0.2) is 5.96 Å². The van der Waals surface area contributed by atoms with Gasteiger partial charge in [-0.05, 0) is 32.4 Å². The highest BCUT2D eigenvalue weighted by Crippen LogP contribution is 2.11. The Hall–Kier alpha value is -0.510. The van der Waals surface area contributed by atoms with Crippen LogP contribution < -0.4 is 15.4 Å². The minimum absolute atomic E-state index is 0.0110. The highest BCUT2D eigenvalue weighted by atomic mass is 32.2. The van der Waals surface area contributed by atoms with Crippen LogP contribution in [-0.2, 0) is 14.8 Å². The van der Waals surface area contributed by atoms with Crippen LogP contribution in [0.3, 0.4) is 0 Å². The van der Waals surface area contributed by atoms with Gasteiger partial charge in [-0.2, -0.15) is 11.8 Å². The molecule has 0 spiro atoms. The molecule has 7 nitrogen and oxygen atoms in total. The molecule has 0 saturated carbocycles. The Labute approximate surface area is 144 Å². The van der Waals surface area contributed by atoms with Gasteiger partial charge in [0.2, 0.25) is 10.0 Å². The summed E-state index contributed by atoms with van der Waals surface area (Å²) in [6, 6.07) is 0. The normalized spacial score (nSPS) is 19.6. The highest BCUT2D eigenvalue weighted by molar-refractivity contribution is 7.98. The number of nitrogens with one attached hydrogen (secondary N) is 3. The van der Waals surface area contributed by atoms with Gasteiger partial charge in [0.1, 0.15) is 0 Å². The third-order valence-corrected chi connectivity index (χ3v) is 5.32. The zero-order valence-electron chi connectivity index (χ0n) is 14.1. The zero-order valence-corrected chi connectivity index (χ0v) is 15.8. The van der Waals surface area contributed by atoms with Crippen LogP contribution >= 0.6 is 11.8 Å². The molecule has 1 rings (SSSR count). The van der Waals surface area contributed by atoms with E-state index in [-0.39, 0.29) is 11.9 Å². The quantitative estimate of drug-likeness (QED) is 0.294. The summed E-state index contributed by atoms with van der Waals surface area (Å²) in [6.45, 7) is 4.85. The maximum absolute atomic E-state index is 12.0. The SMILES string of the molecule is CCNC(=NCCSC)NCCS(=O)(=O)NCC1CCCCO1. The predicted octanol–water partition coefficient (Wildman–Crippen LogP) is 0.393. The molecule has 0 aromatic rings. The molecule has 0 aromatic carbocycles. The molecule has 1 atom stereocenters. The van der Waals surface area contributed by atoms with Crippen molar-refractivity contribution in [2.45, 2.75) is 32.3 Å². The molecule has 0 radical (unpaired) electrons. The summed E-state index contributed by atoms with van der Waals surface area (Å²) in [4.78, 5) is 4.38. The van der Waals surface area contributed by atoms with E-state index in [1.807, 2.05) is 13.2 Å². The van der Waals surface area contributed by atoms with Crippen molar-refractivity contribution in [3.05, 3.63) is 0 Å². The van der Waals surface area contributed by atoms with Gasteiger partial charge < -0.3 is 15.4 Å².